The van der Waals surface area contributed by atoms with Crippen LogP contribution >= 0.6 is 0 Å². The fraction of sp³-hybridized carbons (Fsp3) is 0.318. The van der Waals surface area contributed by atoms with Gasteiger partial charge in [-0.05, 0) is 62.2 Å². The van der Waals surface area contributed by atoms with Crippen molar-refractivity contribution < 1.29 is 19.0 Å². The molecule has 0 aromatic heterocycles. The van der Waals surface area contributed by atoms with E-state index < -0.39 is 0 Å². The number of Topliss-reactive ketones (excluding diaryl/α,β-unsaturated/α-hetero) is 1. The van der Waals surface area contributed by atoms with E-state index >= 15 is 0 Å². The topological polar surface area (TPSA) is 44.8 Å². The number of carbonyl (C=O) groups is 1. The van der Waals surface area contributed by atoms with E-state index in [1.807, 2.05) is 63.3 Å². The lowest BCUT2D eigenvalue weighted by molar-refractivity contribution is 0.0894. The highest BCUT2D eigenvalue weighted by Gasteiger charge is 2.34. The molecule has 2 heterocycles. The molecule has 0 bridgehead atoms. The van der Waals surface area contributed by atoms with E-state index in [1.165, 1.54) is 0 Å². The SMILES string of the molecule is COc1cc([C@H]2COc3c(ccc4c3C=CC(C)(C)O4)C2=O)ccc1C. The molecule has 4 nitrogen and oxygen atoms in total. The van der Waals surface area contributed by atoms with Gasteiger partial charge >= 0.3 is 0 Å². The molecule has 0 fully saturated rings. The largest absolute Gasteiger partial charge is 0.496 e. The molecule has 0 radical (unpaired) electrons. The van der Waals surface area contributed by atoms with E-state index in [0.29, 0.717) is 17.9 Å². The van der Waals surface area contributed by atoms with Gasteiger partial charge in [-0.15, -0.1) is 0 Å². The summed E-state index contributed by atoms with van der Waals surface area (Å²) >= 11 is 0. The van der Waals surface area contributed by atoms with Gasteiger partial charge in [0.1, 0.15) is 29.5 Å². The second-order valence-electron chi connectivity index (χ2n) is 7.35. The van der Waals surface area contributed by atoms with E-state index in [4.69, 9.17) is 14.2 Å². The minimum absolute atomic E-state index is 0.0678. The summed E-state index contributed by atoms with van der Waals surface area (Å²) in [7, 11) is 1.64. The van der Waals surface area contributed by atoms with Crippen LogP contribution in [-0.2, 0) is 0 Å². The van der Waals surface area contributed by atoms with Gasteiger partial charge in [0.25, 0.3) is 0 Å². The number of ether oxygens (including phenoxy) is 3. The molecule has 0 saturated heterocycles. The summed E-state index contributed by atoms with van der Waals surface area (Å²) in [6.45, 7) is 6.29. The average molecular weight is 350 g/mol. The predicted molar refractivity (Wildman–Crippen MR) is 100 cm³/mol. The van der Waals surface area contributed by atoms with Crippen molar-refractivity contribution >= 4 is 11.9 Å². The van der Waals surface area contributed by atoms with Crippen LogP contribution in [0.15, 0.2) is 36.4 Å². The lowest BCUT2D eigenvalue weighted by Gasteiger charge is -2.31. The molecule has 26 heavy (non-hydrogen) atoms. The molecule has 0 saturated carbocycles. The molecular formula is C22H22O4. The van der Waals surface area contributed by atoms with E-state index in [0.717, 1.165) is 28.2 Å². The number of aryl methyl sites for hydroxylation is 1. The smallest absolute Gasteiger partial charge is 0.177 e. The van der Waals surface area contributed by atoms with Gasteiger partial charge in [0, 0.05) is 0 Å². The second kappa shape index (κ2) is 5.90. The highest BCUT2D eigenvalue weighted by molar-refractivity contribution is 6.05. The Hall–Kier alpha value is -2.75. The highest BCUT2D eigenvalue weighted by Crippen LogP contribution is 2.43. The molecule has 0 amide bonds. The fourth-order valence-electron chi connectivity index (χ4n) is 3.51. The Morgan fingerprint density at radius 3 is 2.77 bits per heavy atom. The van der Waals surface area contributed by atoms with Gasteiger partial charge in [-0.25, -0.2) is 0 Å². The second-order valence-corrected chi connectivity index (χ2v) is 7.35. The van der Waals surface area contributed by atoms with Crippen LogP contribution in [-0.4, -0.2) is 25.1 Å². The van der Waals surface area contributed by atoms with Crippen LogP contribution in [0.2, 0.25) is 0 Å². The first-order chi connectivity index (χ1) is 12.4. The number of carbonyl (C=O) groups excluding carboxylic acids is 1. The molecular weight excluding hydrogens is 328 g/mol. The molecule has 0 N–H and O–H groups in total. The first-order valence-corrected chi connectivity index (χ1v) is 8.76. The average Bonchev–Trinajstić information content (AvgIpc) is 2.61. The Morgan fingerprint density at radius 1 is 1.19 bits per heavy atom. The summed E-state index contributed by atoms with van der Waals surface area (Å²) in [4.78, 5) is 13.1. The molecule has 4 rings (SSSR count). The minimum Gasteiger partial charge on any atom is -0.496 e. The van der Waals surface area contributed by atoms with Gasteiger partial charge in [0.05, 0.1) is 24.2 Å². The van der Waals surface area contributed by atoms with Crippen LogP contribution in [0.5, 0.6) is 17.2 Å². The highest BCUT2D eigenvalue weighted by atomic mass is 16.5. The molecule has 2 aromatic rings. The van der Waals surface area contributed by atoms with Crippen molar-refractivity contribution in [1.82, 2.24) is 0 Å². The quantitative estimate of drug-likeness (QED) is 0.797. The minimum atomic E-state index is -0.360. The molecule has 0 aliphatic carbocycles. The number of rotatable bonds is 2. The maximum absolute atomic E-state index is 13.1. The molecule has 134 valence electrons. The zero-order valence-corrected chi connectivity index (χ0v) is 15.5. The number of fused-ring (bicyclic) bond motifs is 3. The van der Waals surface area contributed by atoms with Gasteiger partial charge in [-0.3, -0.25) is 4.79 Å². The van der Waals surface area contributed by atoms with Gasteiger partial charge in [0.2, 0.25) is 0 Å². The molecule has 2 aliphatic heterocycles. The van der Waals surface area contributed by atoms with E-state index in [-0.39, 0.29) is 17.3 Å². The zero-order chi connectivity index (χ0) is 18.5. The third-order valence-electron chi connectivity index (χ3n) is 4.99. The number of ketones is 1. The van der Waals surface area contributed by atoms with Crippen LogP contribution in [0.25, 0.3) is 6.08 Å². The Balaban J connectivity index is 1.72. The van der Waals surface area contributed by atoms with Crippen molar-refractivity contribution in [2.75, 3.05) is 13.7 Å². The monoisotopic (exact) mass is 350 g/mol. The van der Waals surface area contributed by atoms with Crippen molar-refractivity contribution in [1.29, 1.82) is 0 Å². The van der Waals surface area contributed by atoms with Crippen LogP contribution in [0.3, 0.4) is 0 Å². The first-order valence-electron chi connectivity index (χ1n) is 8.76. The van der Waals surface area contributed by atoms with Gasteiger partial charge in [-0.2, -0.15) is 0 Å². The van der Waals surface area contributed by atoms with Crippen LogP contribution in [0, 0.1) is 6.92 Å². The van der Waals surface area contributed by atoms with Crippen molar-refractivity contribution in [3.05, 3.63) is 58.7 Å². The Morgan fingerprint density at radius 2 is 2.00 bits per heavy atom. The number of hydrogen-bond acceptors (Lipinski definition) is 4. The Labute approximate surface area is 153 Å². The lowest BCUT2D eigenvalue weighted by Crippen LogP contribution is -2.30. The Bertz CT molecular complexity index is 924. The number of hydrogen-bond donors (Lipinski definition) is 0. The number of methoxy groups -OCH3 is 1. The summed E-state index contributed by atoms with van der Waals surface area (Å²) < 4.78 is 17.4. The zero-order valence-electron chi connectivity index (χ0n) is 15.5. The summed E-state index contributed by atoms with van der Waals surface area (Å²) in [5.74, 6) is 1.89. The van der Waals surface area contributed by atoms with Gasteiger partial charge in [-0.1, -0.05) is 12.1 Å². The first kappa shape index (κ1) is 16.7. The molecule has 2 aromatic carbocycles. The Kier molecular flexibility index (Phi) is 3.79. The standard InChI is InChI=1S/C22H22O4/c1-13-5-6-14(11-19(13)24-4)17-12-25-21-15-9-10-22(2,3)26-18(15)8-7-16(21)20(17)23/h5-11,17H,12H2,1-4H3/t17-/m1/s1. The van der Waals surface area contributed by atoms with Gasteiger partial charge < -0.3 is 14.2 Å². The van der Waals surface area contributed by atoms with E-state index in [1.54, 1.807) is 7.11 Å². The lowest BCUT2D eigenvalue weighted by atomic mass is 9.86. The van der Waals surface area contributed by atoms with Gasteiger partial charge in [0.15, 0.2) is 5.78 Å². The molecule has 0 unspecified atom stereocenters. The maximum atomic E-state index is 13.1. The van der Waals surface area contributed by atoms with Crippen LogP contribution < -0.4 is 14.2 Å². The predicted octanol–water partition coefficient (Wildman–Crippen LogP) is 4.55. The molecule has 1 atom stereocenters. The summed E-state index contributed by atoms with van der Waals surface area (Å²) in [6, 6.07) is 9.54. The van der Waals surface area contributed by atoms with Crippen molar-refractivity contribution in [3.8, 4) is 17.2 Å². The van der Waals surface area contributed by atoms with E-state index in [9.17, 15) is 4.79 Å². The van der Waals surface area contributed by atoms with Crippen molar-refractivity contribution in [2.24, 2.45) is 0 Å². The molecule has 4 heteroatoms. The summed E-state index contributed by atoms with van der Waals surface area (Å²) in [6.07, 6.45) is 3.97. The maximum Gasteiger partial charge on any atom is 0.177 e. The third-order valence-corrected chi connectivity index (χ3v) is 4.99. The van der Waals surface area contributed by atoms with Crippen molar-refractivity contribution in [2.45, 2.75) is 32.3 Å². The summed E-state index contributed by atoms with van der Waals surface area (Å²) in [5, 5.41) is 0. The summed E-state index contributed by atoms with van der Waals surface area (Å²) in [5.41, 5.74) is 3.04. The third kappa shape index (κ3) is 2.66. The van der Waals surface area contributed by atoms with E-state index in [2.05, 4.69) is 0 Å². The molecule has 0 spiro atoms. The van der Waals surface area contributed by atoms with Crippen LogP contribution in [0.4, 0.5) is 0 Å². The van der Waals surface area contributed by atoms with Crippen LogP contribution in [0.1, 0.15) is 46.8 Å². The molecule has 2 aliphatic rings. The number of benzene rings is 2. The van der Waals surface area contributed by atoms with Crippen molar-refractivity contribution in [3.63, 3.8) is 0 Å². The normalized spacial score (nSPS) is 19.8. The fourth-order valence-corrected chi connectivity index (χ4v) is 3.51.